The first-order chi connectivity index (χ1) is 30.3. The fourth-order valence-electron chi connectivity index (χ4n) is 8.94. The summed E-state index contributed by atoms with van der Waals surface area (Å²) in [6.45, 7) is 2.69. The SMILES string of the molecule is COC1=C2C(=O)c3c(ccc(NC(=O)CCC(=O)NCCc4ccc(OCc5ccccc5)c(OCc5ccccc5)c4)c3O)[C@H](C)C2[C@H](O)C2CC(=O)C(C(N)=O)=C(O)[C@@]12OC. The molecule has 0 bridgehead atoms. The van der Waals surface area contributed by atoms with Gasteiger partial charge in [-0.1, -0.05) is 79.7 Å². The lowest BCUT2D eigenvalue weighted by Gasteiger charge is -2.52. The lowest BCUT2D eigenvalue weighted by atomic mass is 9.56. The lowest BCUT2D eigenvalue weighted by molar-refractivity contribution is -0.146. The third-order valence-electron chi connectivity index (χ3n) is 12.0. The Kier molecular flexibility index (Phi) is 13.0. The summed E-state index contributed by atoms with van der Waals surface area (Å²) < 4.78 is 23.7. The maximum Gasteiger partial charge on any atom is 0.255 e. The van der Waals surface area contributed by atoms with Gasteiger partial charge in [0.2, 0.25) is 11.8 Å². The van der Waals surface area contributed by atoms with Gasteiger partial charge in [0.05, 0.1) is 24.5 Å². The first kappa shape index (κ1) is 44.1. The molecule has 0 saturated heterocycles. The predicted octanol–water partition coefficient (Wildman–Crippen LogP) is 5.09. The molecule has 7 N–H and O–H groups in total. The molecule has 3 aliphatic carbocycles. The summed E-state index contributed by atoms with van der Waals surface area (Å²) in [5.41, 5.74) is 5.40. The molecule has 0 saturated carbocycles. The number of phenols is 1. The third kappa shape index (κ3) is 8.49. The van der Waals surface area contributed by atoms with Crippen molar-refractivity contribution in [1.82, 2.24) is 5.32 Å². The van der Waals surface area contributed by atoms with Crippen molar-refractivity contribution >= 4 is 35.0 Å². The van der Waals surface area contributed by atoms with Crippen molar-refractivity contribution in [1.29, 1.82) is 0 Å². The number of nitrogens with one attached hydrogen (secondary N) is 2. The van der Waals surface area contributed by atoms with Gasteiger partial charge in [0.15, 0.2) is 34.4 Å². The second kappa shape index (κ2) is 18.6. The van der Waals surface area contributed by atoms with Crippen molar-refractivity contribution in [2.75, 3.05) is 26.1 Å². The summed E-state index contributed by atoms with van der Waals surface area (Å²) in [7, 11) is 2.38. The van der Waals surface area contributed by atoms with E-state index < -0.39 is 76.3 Å². The number of hydrogen-bond acceptors (Lipinski definition) is 12. The van der Waals surface area contributed by atoms with E-state index in [0.29, 0.717) is 36.7 Å². The van der Waals surface area contributed by atoms with E-state index in [9.17, 15) is 39.3 Å². The summed E-state index contributed by atoms with van der Waals surface area (Å²) >= 11 is 0. The van der Waals surface area contributed by atoms with Crippen LogP contribution in [0.15, 0.2) is 114 Å². The molecule has 0 aromatic heterocycles. The van der Waals surface area contributed by atoms with Crippen LogP contribution < -0.4 is 25.8 Å². The van der Waals surface area contributed by atoms with E-state index in [1.807, 2.05) is 78.9 Å². The molecule has 15 heteroatoms. The van der Waals surface area contributed by atoms with Crippen molar-refractivity contribution in [3.8, 4) is 17.2 Å². The van der Waals surface area contributed by atoms with Crippen LogP contribution in [0.4, 0.5) is 5.69 Å². The lowest BCUT2D eigenvalue weighted by Crippen LogP contribution is -2.61. The highest BCUT2D eigenvalue weighted by Crippen LogP contribution is 2.58. The molecule has 4 aromatic rings. The Balaban J connectivity index is 1.00. The zero-order chi connectivity index (χ0) is 45.0. The smallest absolute Gasteiger partial charge is 0.255 e. The van der Waals surface area contributed by atoms with Gasteiger partial charge in [0.25, 0.3) is 5.91 Å². The number of carbonyl (C=O) groups excluding carboxylic acids is 5. The first-order valence-corrected chi connectivity index (χ1v) is 20.5. The number of aromatic hydroxyl groups is 1. The number of benzene rings is 4. The number of carbonyl (C=O) groups is 5. The van der Waals surface area contributed by atoms with E-state index >= 15 is 0 Å². The summed E-state index contributed by atoms with van der Waals surface area (Å²) in [5, 5.41) is 40.1. The number of methoxy groups -OCH3 is 2. The predicted molar refractivity (Wildman–Crippen MR) is 229 cm³/mol. The molecular weight excluding hydrogens is 811 g/mol. The number of hydrogen-bond donors (Lipinski definition) is 6. The van der Waals surface area contributed by atoms with E-state index in [1.54, 1.807) is 13.0 Å². The summed E-state index contributed by atoms with van der Waals surface area (Å²) in [4.78, 5) is 65.6. The minimum atomic E-state index is -2.13. The maximum atomic E-state index is 14.4. The van der Waals surface area contributed by atoms with Gasteiger partial charge in [-0.3, -0.25) is 24.0 Å². The Morgan fingerprint density at radius 3 is 2.08 bits per heavy atom. The highest BCUT2D eigenvalue weighted by Gasteiger charge is 2.64. The molecule has 5 atom stereocenters. The monoisotopic (exact) mass is 859 g/mol. The van der Waals surface area contributed by atoms with Gasteiger partial charge in [0, 0.05) is 50.3 Å². The van der Waals surface area contributed by atoms with E-state index in [4.69, 9.17) is 24.7 Å². The standard InChI is InChI=1S/C48H49N3O12/c1-26-30-15-16-32(43(56)39(30)44(57)41-38(26)42(55)31-23-33(52)40(47(49)59)45(58)48(31,61-3)46(41)60-2)51-37(54)19-18-36(53)50-21-20-27-14-17-34(62-24-28-10-6-4-7-11-28)35(22-27)63-25-29-12-8-5-9-13-29/h4-17,22,26,31,38,42,55-56,58H,18-21,23-25H2,1-3H3,(H2,49,59)(H,50,53)(H,51,54)/t26-,31?,38?,42+,48+/m0/s1. The van der Waals surface area contributed by atoms with Crippen LogP contribution in [0.25, 0.3) is 0 Å². The van der Waals surface area contributed by atoms with Crippen molar-refractivity contribution in [3.05, 3.63) is 141 Å². The van der Waals surface area contributed by atoms with Crippen LogP contribution in [-0.2, 0) is 48.3 Å². The van der Waals surface area contributed by atoms with Gasteiger partial charge in [-0.05, 0) is 52.8 Å². The fourth-order valence-corrected chi connectivity index (χ4v) is 8.94. The minimum absolute atomic E-state index is 0.100. The van der Waals surface area contributed by atoms with Gasteiger partial charge in [0.1, 0.15) is 30.3 Å². The number of Topliss-reactive ketones (excluding diaryl/α,β-unsaturated/α-hetero) is 2. The van der Waals surface area contributed by atoms with Gasteiger partial charge >= 0.3 is 0 Å². The molecular formula is C48H49N3O12. The van der Waals surface area contributed by atoms with Gasteiger partial charge in [-0.25, -0.2) is 0 Å². The largest absolute Gasteiger partial charge is 0.508 e. The van der Waals surface area contributed by atoms with Gasteiger partial charge in [-0.15, -0.1) is 0 Å². The van der Waals surface area contributed by atoms with E-state index in [2.05, 4.69) is 10.6 Å². The van der Waals surface area contributed by atoms with Crippen molar-refractivity contribution in [2.24, 2.45) is 17.6 Å². The quantitative estimate of drug-likeness (QED) is 0.0639. The molecule has 0 radical (unpaired) electrons. The number of ketones is 2. The molecule has 328 valence electrons. The maximum absolute atomic E-state index is 14.4. The second-order valence-corrected chi connectivity index (χ2v) is 15.7. The molecule has 3 amide bonds. The Hall–Kier alpha value is -6.97. The molecule has 63 heavy (non-hydrogen) atoms. The van der Waals surface area contributed by atoms with Crippen LogP contribution in [0.1, 0.15) is 64.7 Å². The van der Waals surface area contributed by atoms with Crippen LogP contribution in [0, 0.1) is 11.8 Å². The van der Waals surface area contributed by atoms with E-state index in [1.165, 1.54) is 20.3 Å². The molecule has 0 spiro atoms. The highest BCUT2D eigenvalue weighted by molar-refractivity contribution is 6.20. The molecule has 3 aliphatic rings. The zero-order valence-corrected chi connectivity index (χ0v) is 35.0. The number of aliphatic hydroxyl groups excluding tert-OH is 2. The normalized spacial score (nSPS) is 21.5. The number of ether oxygens (including phenoxy) is 4. The van der Waals surface area contributed by atoms with Gasteiger partial charge < -0.3 is 50.6 Å². The molecule has 0 heterocycles. The first-order valence-electron chi connectivity index (χ1n) is 20.5. The molecule has 0 aliphatic heterocycles. The highest BCUT2D eigenvalue weighted by atomic mass is 16.5. The molecule has 4 aromatic carbocycles. The number of amides is 3. The van der Waals surface area contributed by atoms with Crippen LogP contribution in [0.5, 0.6) is 17.2 Å². The summed E-state index contributed by atoms with van der Waals surface area (Å²) in [6.07, 6.45) is -1.83. The molecule has 2 unspecified atom stereocenters. The topological polar surface area (TPSA) is 233 Å². The van der Waals surface area contributed by atoms with Crippen LogP contribution in [0.3, 0.4) is 0 Å². The van der Waals surface area contributed by atoms with Crippen molar-refractivity contribution in [3.63, 3.8) is 0 Å². The van der Waals surface area contributed by atoms with Crippen molar-refractivity contribution in [2.45, 2.75) is 63.4 Å². The number of primary amides is 1. The van der Waals surface area contributed by atoms with E-state index in [-0.39, 0.29) is 47.9 Å². The number of fused-ring (bicyclic) bond motifs is 3. The number of anilines is 1. The van der Waals surface area contributed by atoms with Gasteiger partial charge in [-0.2, -0.15) is 0 Å². The molecule has 15 nitrogen and oxygen atoms in total. The average Bonchev–Trinajstić information content (AvgIpc) is 3.27. The van der Waals surface area contributed by atoms with Crippen LogP contribution in [0.2, 0.25) is 0 Å². The van der Waals surface area contributed by atoms with Crippen molar-refractivity contribution < 1.29 is 58.2 Å². The number of phenolic OH excluding ortho intramolecular Hbond substituents is 1. The number of rotatable bonds is 16. The summed E-state index contributed by atoms with van der Waals surface area (Å²) in [5.74, 6) is -7.15. The Labute approximate surface area is 363 Å². The number of nitrogens with two attached hydrogens (primary N) is 1. The Morgan fingerprint density at radius 2 is 1.46 bits per heavy atom. The van der Waals surface area contributed by atoms with Crippen LogP contribution in [-0.4, -0.2) is 77.1 Å². The third-order valence-corrected chi connectivity index (χ3v) is 12.0. The summed E-state index contributed by atoms with van der Waals surface area (Å²) in [6, 6.07) is 28.1. The Bertz CT molecular complexity index is 2500. The zero-order valence-electron chi connectivity index (χ0n) is 35.0. The van der Waals surface area contributed by atoms with E-state index in [0.717, 1.165) is 16.7 Å². The Morgan fingerprint density at radius 1 is 0.825 bits per heavy atom. The fraction of sp³-hybridized carbons (Fsp3) is 0.312. The molecule has 7 rings (SSSR count). The average molecular weight is 860 g/mol. The second-order valence-electron chi connectivity index (χ2n) is 15.7. The number of aliphatic hydroxyl groups is 2. The molecule has 0 fully saturated rings. The minimum Gasteiger partial charge on any atom is -0.508 e. The van der Waals surface area contributed by atoms with Crippen LogP contribution >= 0.6 is 0 Å².